The summed E-state index contributed by atoms with van der Waals surface area (Å²) in [6.07, 6.45) is 7.45. The van der Waals surface area contributed by atoms with Crippen LogP contribution in [0.25, 0.3) is 0 Å². The first-order valence-corrected chi connectivity index (χ1v) is 4.59. The zero-order valence-corrected chi connectivity index (χ0v) is 7.92. The van der Waals surface area contributed by atoms with Crippen molar-refractivity contribution in [3.63, 3.8) is 0 Å². The third-order valence-corrected chi connectivity index (χ3v) is 1.82. The summed E-state index contributed by atoms with van der Waals surface area (Å²) < 4.78 is 0. The van der Waals surface area contributed by atoms with E-state index in [2.05, 4.69) is 13.0 Å². The molecule has 0 aliphatic rings. The Kier molecular flexibility index (Phi) is 6.44. The van der Waals surface area contributed by atoms with Crippen LogP contribution in [0.15, 0.2) is 12.2 Å². The van der Waals surface area contributed by atoms with E-state index in [1.165, 1.54) is 0 Å². The van der Waals surface area contributed by atoms with E-state index in [0.29, 0.717) is 0 Å². The van der Waals surface area contributed by atoms with Gasteiger partial charge in [-0.2, -0.15) is 0 Å². The molecule has 0 aliphatic carbocycles. The molecule has 0 spiro atoms. The Labute approximate surface area is 74.3 Å². The Hall–Kier alpha value is -0.790. The van der Waals surface area contributed by atoms with Crippen molar-refractivity contribution in [2.45, 2.75) is 39.5 Å². The summed E-state index contributed by atoms with van der Waals surface area (Å²) in [5, 5.41) is 8.54. The molecule has 0 rings (SSSR count). The van der Waals surface area contributed by atoms with Crippen LogP contribution in [0.3, 0.4) is 0 Å². The molecule has 0 heterocycles. The van der Waals surface area contributed by atoms with Gasteiger partial charge in [-0.15, -0.1) is 0 Å². The Morgan fingerprint density at radius 3 is 2.58 bits per heavy atom. The monoisotopic (exact) mass is 170 g/mol. The SMILES string of the molecule is CCCC=CC(CC)CC(=O)O. The zero-order valence-electron chi connectivity index (χ0n) is 7.92. The second-order valence-corrected chi connectivity index (χ2v) is 2.98. The molecular formula is C10H18O2. The molecule has 0 amide bonds. The molecule has 0 radical (unpaired) electrons. The molecule has 0 bridgehead atoms. The molecule has 2 nitrogen and oxygen atoms in total. The lowest BCUT2D eigenvalue weighted by atomic mass is 10.0. The predicted octanol–water partition coefficient (Wildman–Crippen LogP) is 2.84. The van der Waals surface area contributed by atoms with Crippen molar-refractivity contribution in [2.75, 3.05) is 0 Å². The fourth-order valence-electron chi connectivity index (χ4n) is 1.03. The van der Waals surface area contributed by atoms with Gasteiger partial charge in [0.2, 0.25) is 0 Å². The number of hydrogen-bond donors (Lipinski definition) is 1. The molecule has 0 fully saturated rings. The fraction of sp³-hybridized carbons (Fsp3) is 0.700. The maximum Gasteiger partial charge on any atom is 0.303 e. The van der Waals surface area contributed by atoms with E-state index in [-0.39, 0.29) is 12.3 Å². The molecule has 0 aromatic heterocycles. The summed E-state index contributed by atoms with van der Waals surface area (Å²) in [7, 11) is 0. The van der Waals surface area contributed by atoms with Crippen LogP contribution >= 0.6 is 0 Å². The molecule has 70 valence electrons. The minimum absolute atomic E-state index is 0.217. The summed E-state index contributed by atoms with van der Waals surface area (Å²) in [5.41, 5.74) is 0. The number of unbranched alkanes of at least 4 members (excludes halogenated alkanes) is 1. The van der Waals surface area contributed by atoms with E-state index in [1.807, 2.05) is 13.0 Å². The van der Waals surface area contributed by atoms with Crippen LogP contribution in [-0.4, -0.2) is 11.1 Å². The zero-order chi connectivity index (χ0) is 9.40. The first kappa shape index (κ1) is 11.2. The van der Waals surface area contributed by atoms with Gasteiger partial charge in [0.05, 0.1) is 6.42 Å². The molecule has 0 aliphatic heterocycles. The standard InChI is InChI=1S/C10H18O2/c1-3-5-6-7-9(4-2)8-10(11)12/h6-7,9H,3-5,8H2,1-2H3,(H,11,12). The predicted molar refractivity (Wildman–Crippen MR) is 50.1 cm³/mol. The van der Waals surface area contributed by atoms with Gasteiger partial charge in [-0.1, -0.05) is 32.4 Å². The first-order chi connectivity index (χ1) is 5.70. The molecular weight excluding hydrogens is 152 g/mol. The van der Waals surface area contributed by atoms with Gasteiger partial charge in [0.25, 0.3) is 0 Å². The quantitative estimate of drug-likeness (QED) is 0.622. The minimum Gasteiger partial charge on any atom is -0.481 e. The lowest BCUT2D eigenvalue weighted by Gasteiger charge is -2.04. The number of carbonyl (C=O) groups is 1. The van der Waals surface area contributed by atoms with Crippen molar-refractivity contribution in [3.8, 4) is 0 Å². The van der Waals surface area contributed by atoms with Gasteiger partial charge < -0.3 is 5.11 Å². The minimum atomic E-state index is -0.706. The van der Waals surface area contributed by atoms with Crippen LogP contribution in [-0.2, 0) is 4.79 Å². The van der Waals surface area contributed by atoms with E-state index in [4.69, 9.17) is 5.11 Å². The average Bonchev–Trinajstić information content (AvgIpc) is 2.02. The molecule has 1 N–H and O–H groups in total. The summed E-state index contributed by atoms with van der Waals surface area (Å²) in [6, 6.07) is 0. The van der Waals surface area contributed by atoms with E-state index < -0.39 is 5.97 Å². The molecule has 0 saturated heterocycles. The third-order valence-electron chi connectivity index (χ3n) is 1.82. The highest BCUT2D eigenvalue weighted by atomic mass is 16.4. The Morgan fingerprint density at radius 1 is 1.50 bits per heavy atom. The number of aliphatic carboxylic acids is 1. The Balaban J connectivity index is 3.73. The number of allylic oxidation sites excluding steroid dienone is 2. The average molecular weight is 170 g/mol. The van der Waals surface area contributed by atoms with E-state index in [1.54, 1.807) is 0 Å². The molecule has 0 saturated carbocycles. The normalized spacial score (nSPS) is 13.5. The van der Waals surface area contributed by atoms with Crippen LogP contribution in [0, 0.1) is 5.92 Å². The van der Waals surface area contributed by atoms with Gasteiger partial charge in [0, 0.05) is 0 Å². The maximum absolute atomic E-state index is 10.4. The highest BCUT2D eigenvalue weighted by molar-refractivity contribution is 5.67. The van der Waals surface area contributed by atoms with E-state index in [9.17, 15) is 4.79 Å². The van der Waals surface area contributed by atoms with Crippen LogP contribution in [0.1, 0.15) is 39.5 Å². The van der Waals surface area contributed by atoms with Gasteiger partial charge >= 0.3 is 5.97 Å². The van der Waals surface area contributed by atoms with Crippen molar-refractivity contribution in [2.24, 2.45) is 5.92 Å². The summed E-state index contributed by atoms with van der Waals surface area (Å²) in [6.45, 7) is 4.13. The largest absolute Gasteiger partial charge is 0.481 e. The Morgan fingerprint density at radius 2 is 2.17 bits per heavy atom. The number of rotatable bonds is 6. The molecule has 0 aromatic rings. The van der Waals surface area contributed by atoms with Crippen LogP contribution in [0.2, 0.25) is 0 Å². The summed E-state index contributed by atoms with van der Waals surface area (Å²) in [4.78, 5) is 10.4. The molecule has 1 atom stereocenters. The van der Waals surface area contributed by atoms with Crippen molar-refractivity contribution in [1.29, 1.82) is 0 Å². The second-order valence-electron chi connectivity index (χ2n) is 2.98. The van der Waals surface area contributed by atoms with E-state index in [0.717, 1.165) is 19.3 Å². The van der Waals surface area contributed by atoms with Gasteiger partial charge in [0.15, 0.2) is 0 Å². The Bertz CT molecular complexity index is 150. The first-order valence-electron chi connectivity index (χ1n) is 4.59. The van der Waals surface area contributed by atoms with Crippen molar-refractivity contribution in [1.82, 2.24) is 0 Å². The lowest BCUT2D eigenvalue weighted by molar-refractivity contribution is -0.137. The summed E-state index contributed by atoms with van der Waals surface area (Å²) >= 11 is 0. The van der Waals surface area contributed by atoms with Gasteiger partial charge in [-0.3, -0.25) is 4.79 Å². The molecule has 2 heteroatoms. The fourth-order valence-corrected chi connectivity index (χ4v) is 1.03. The van der Waals surface area contributed by atoms with Crippen molar-refractivity contribution in [3.05, 3.63) is 12.2 Å². The number of carboxylic acid groups (broad SMARTS) is 1. The third kappa shape index (κ3) is 5.96. The molecule has 12 heavy (non-hydrogen) atoms. The molecule has 1 unspecified atom stereocenters. The van der Waals surface area contributed by atoms with Gasteiger partial charge in [-0.25, -0.2) is 0 Å². The maximum atomic E-state index is 10.4. The van der Waals surface area contributed by atoms with Gasteiger partial charge in [0.1, 0.15) is 0 Å². The topological polar surface area (TPSA) is 37.3 Å². The molecule has 0 aromatic carbocycles. The highest BCUT2D eigenvalue weighted by Crippen LogP contribution is 2.10. The van der Waals surface area contributed by atoms with Crippen LogP contribution < -0.4 is 0 Å². The summed E-state index contributed by atoms with van der Waals surface area (Å²) in [5.74, 6) is -0.489. The van der Waals surface area contributed by atoms with Crippen molar-refractivity contribution < 1.29 is 9.90 Å². The van der Waals surface area contributed by atoms with Crippen LogP contribution in [0.4, 0.5) is 0 Å². The van der Waals surface area contributed by atoms with Crippen LogP contribution in [0.5, 0.6) is 0 Å². The number of hydrogen-bond acceptors (Lipinski definition) is 1. The van der Waals surface area contributed by atoms with E-state index >= 15 is 0 Å². The highest BCUT2D eigenvalue weighted by Gasteiger charge is 2.06. The second kappa shape index (κ2) is 6.89. The smallest absolute Gasteiger partial charge is 0.303 e. The number of carboxylic acids is 1. The van der Waals surface area contributed by atoms with Crippen molar-refractivity contribution >= 4 is 5.97 Å². The van der Waals surface area contributed by atoms with Gasteiger partial charge in [-0.05, 0) is 18.8 Å². The lowest BCUT2D eigenvalue weighted by Crippen LogP contribution is -2.03.